The number of anilines is 1. The minimum atomic E-state index is 0.652. The molecule has 1 aromatic rings. The molecule has 3 nitrogen and oxygen atoms in total. The molecule has 1 aromatic heterocycles. The van der Waals surface area contributed by atoms with Crippen LogP contribution in [0.4, 0.5) is 5.82 Å². The van der Waals surface area contributed by atoms with Gasteiger partial charge in [0.2, 0.25) is 0 Å². The third-order valence-electron chi connectivity index (χ3n) is 3.54. The van der Waals surface area contributed by atoms with Crippen molar-refractivity contribution in [3.05, 3.63) is 22.8 Å². The molecule has 0 saturated carbocycles. The van der Waals surface area contributed by atoms with Crippen molar-refractivity contribution in [1.29, 1.82) is 0 Å². The molecule has 0 spiro atoms. The van der Waals surface area contributed by atoms with Crippen molar-refractivity contribution >= 4 is 17.4 Å². The first-order valence-electron chi connectivity index (χ1n) is 7.72. The fraction of sp³-hybridized carbons (Fsp3) is 0.688. The van der Waals surface area contributed by atoms with Gasteiger partial charge in [0, 0.05) is 25.8 Å². The van der Waals surface area contributed by atoms with Gasteiger partial charge in [0.15, 0.2) is 0 Å². The maximum Gasteiger partial charge on any atom is 0.147 e. The van der Waals surface area contributed by atoms with E-state index in [4.69, 9.17) is 11.6 Å². The van der Waals surface area contributed by atoms with Crippen LogP contribution >= 0.6 is 11.6 Å². The molecule has 20 heavy (non-hydrogen) atoms. The number of nitrogens with one attached hydrogen (secondary N) is 1. The van der Waals surface area contributed by atoms with Crippen LogP contribution < -0.4 is 10.2 Å². The van der Waals surface area contributed by atoms with Gasteiger partial charge in [-0.2, -0.15) is 0 Å². The fourth-order valence-electron chi connectivity index (χ4n) is 2.08. The Hall–Kier alpha value is -0.800. The lowest BCUT2D eigenvalue weighted by Crippen LogP contribution is -2.29. The summed E-state index contributed by atoms with van der Waals surface area (Å²) in [5, 5.41) is 4.13. The van der Waals surface area contributed by atoms with Crippen molar-refractivity contribution in [3.8, 4) is 0 Å². The Morgan fingerprint density at radius 1 is 1.35 bits per heavy atom. The van der Waals surface area contributed by atoms with Crippen molar-refractivity contribution in [2.75, 3.05) is 24.5 Å². The number of hydrogen-bond acceptors (Lipinski definition) is 3. The number of rotatable bonds is 9. The monoisotopic (exact) mass is 297 g/mol. The molecule has 0 fully saturated rings. The first kappa shape index (κ1) is 17.3. The van der Waals surface area contributed by atoms with Crippen LogP contribution in [-0.2, 0) is 6.54 Å². The minimum absolute atomic E-state index is 0.652. The van der Waals surface area contributed by atoms with E-state index in [9.17, 15) is 0 Å². The Morgan fingerprint density at radius 3 is 2.65 bits per heavy atom. The van der Waals surface area contributed by atoms with Gasteiger partial charge in [0.25, 0.3) is 0 Å². The van der Waals surface area contributed by atoms with E-state index in [1.807, 2.05) is 12.3 Å². The van der Waals surface area contributed by atoms with Gasteiger partial charge in [0.1, 0.15) is 5.82 Å². The largest absolute Gasteiger partial charge is 0.355 e. The molecule has 0 radical (unpaired) electrons. The van der Waals surface area contributed by atoms with Gasteiger partial charge < -0.3 is 10.2 Å². The second-order valence-electron chi connectivity index (χ2n) is 5.38. The third kappa shape index (κ3) is 5.29. The summed E-state index contributed by atoms with van der Waals surface area (Å²) in [6.07, 6.45) is 4.24. The maximum atomic E-state index is 6.41. The van der Waals surface area contributed by atoms with E-state index in [1.165, 1.54) is 6.42 Å². The van der Waals surface area contributed by atoms with Gasteiger partial charge in [-0.1, -0.05) is 38.8 Å². The molecule has 0 aliphatic heterocycles. The average Bonchev–Trinajstić information content (AvgIpc) is 2.45. The summed E-state index contributed by atoms with van der Waals surface area (Å²) in [7, 11) is 0. The Labute approximate surface area is 128 Å². The number of halogens is 1. The first-order valence-corrected chi connectivity index (χ1v) is 8.10. The highest BCUT2D eigenvalue weighted by Gasteiger charge is 2.13. The highest BCUT2D eigenvalue weighted by Crippen LogP contribution is 2.25. The second-order valence-corrected chi connectivity index (χ2v) is 5.79. The van der Waals surface area contributed by atoms with E-state index in [0.29, 0.717) is 5.92 Å². The smallest absolute Gasteiger partial charge is 0.147 e. The van der Waals surface area contributed by atoms with Crippen LogP contribution in [0.2, 0.25) is 5.02 Å². The van der Waals surface area contributed by atoms with Crippen LogP contribution in [0.3, 0.4) is 0 Å². The zero-order valence-corrected chi connectivity index (χ0v) is 14.0. The summed E-state index contributed by atoms with van der Waals surface area (Å²) in [6, 6.07) is 2.03. The van der Waals surface area contributed by atoms with Crippen molar-refractivity contribution in [2.24, 2.45) is 5.92 Å². The van der Waals surface area contributed by atoms with Crippen molar-refractivity contribution < 1.29 is 0 Å². The molecule has 0 bridgehead atoms. The number of pyridine rings is 1. The number of hydrogen-bond donors (Lipinski definition) is 1. The molecule has 1 heterocycles. The van der Waals surface area contributed by atoms with E-state index >= 15 is 0 Å². The van der Waals surface area contributed by atoms with Crippen LogP contribution in [0.1, 0.15) is 46.1 Å². The van der Waals surface area contributed by atoms with Gasteiger partial charge in [-0.25, -0.2) is 4.98 Å². The molecule has 0 aromatic carbocycles. The van der Waals surface area contributed by atoms with E-state index in [1.54, 1.807) is 0 Å². The number of aromatic nitrogens is 1. The van der Waals surface area contributed by atoms with Crippen LogP contribution in [-0.4, -0.2) is 24.6 Å². The molecule has 0 aliphatic carbocycles. The molecule has 1 atom stereocenters. The standard InChI is InChI=1S/C16H28ClN3/c1-5-8-18-10-14-9-15(17)16(19-11-14)20(7-3)12-13(4)6-2/h9,11,13,18H,5-8,10,12H2,1-4H3. The van der Waals surface area contributed by atoms with Crippen molar-refractivity contribution in [2.45, 2.75) is 47.1 Å². The highest BCUT2D eigenvalue weighted by atomic mass is 35.5. The Kier molecular flexibility index (Phi) is 7.93. The first-order chi connectivity index (χ1) is 9.62. The zero-order valence-electron chi connectivity index (χ0n) is 13.2. The quantitative estimate of drug-likeness (QED) is 0.695. The van der Waals surface area contributed by atoms with Crippen molar-refractivity contribution in [1.82, 2.24) is 10.3 Å². The Bertz CT molecular complexity index is 395. The Balaban J connectivity index is 2.74. The fourth-order valence-corrected chi connectivity index (χ4v) is 2.39. The topological polar surface area (TPSA) is 28.2 Å². The second kappa shape index (κ2) is 9.19. The van der Waals surface area contributed by atoms with Gasteiger partial charge in [-0.05, 0) is 37.4 Å². The lowest BCUT2D eigenvalue weighted by Gasteiger charge is -2.26. The van der Waals surface area contributed by atoms with Gasteiger partial charge in [-0.3, -0.25) is 0 Å². The molecule has 0 aliphatic rings. The SMILES string of the molecule is CCCNCc1cnc(N(CC)CC(C)CC)c(Cl)c1. The van der Waals surface area contributed by atoms with Crippen LogP contribution in [0.25, 0.3) is 0 Å². The summed E-state index contributed by atoms with van der Waals surface area (Å²) in [4.78, 5) is 6.83. The van der Waals surface area contributed by atoms with E-state index in [-0.39, 0.29) is 0 Å². The van der Waals surface area contributed by atoms with Gasteiger partial charge >= 0.3 is 0 Å². The third-order valence-corrected chi connectivity index (χ3v) is 3.82. The molecule has 4 heteroatoms. The summed E-state index contributed by atoms with van der Waals surface area (Å²) in [5.41, 5.74) is 1.15. The molecule has 114 valence electrons. The van der Waals surface area contributed by atoms with Gasteiger partial charge in [-0.15, -0.1) is 0 Å². The van der Waals surface area contributed by atoms with E-state index < -0.39 is 0 Å². The van der Waals surface area contributed by atoms with Crippen LogP contribution in [0, 0.1) is 5.92 Å². The molecule has 1 N–H and O–H groups in total. The minimum Gasteiger partial charge on any atom is -0.355 e. The van der Waals surface area contributed by atoms with Crippen molar-refractivity contribution in [3.63, 3.8) is 0 Å². The summed E-state index contributed by atoms with van der Waals surface area (Å²) >= 11 is 6.41. The molecular weight excluding hydrogens is 270 g/mol. The predicted molar refractivity (Wildman–Crippen MR) is 88.6 cm³/mol. The zero-order chi connectivity index (χ0) is 15.0. The molecule has 1 rings (SSSR count). The molecule has 0 amide bonds. The highest BCUT2D eigenvalue weighted by molar-refractivity contribution is 6.33. The van der Waals surface area contributed by atoms with Crippen LogP contribution in [0.5, 0.6) is 0 Å². The molecule has 0 saturated heterocycles. The normalized spacial score (nSPS) is 12.4. The lowest BCUT2D eigenvalue weighted by molar-refractivity contribution is 0.545. The summed E-state index contributed by atoms with van der Waals surface area (Å²) < 4.78 is 0. The summed E-state index contributed by atoms with van der Waals surface area (Å²) in [6.45, 7) is 12.6. The maximum absolute atomic E-state index is 6.41. The van der Waals surface area contributed by atoms with E-state index in [0.717, 1.165) is 49.0 Å². The Morgan fingerprint density at radius 2 is 2.10 bits per heavy atom. The summed E-state index contributed by atoms with van der Waals surface area (Å²) in [5.74, 6) is 1.56. The van der Waals surface area contributed by atoms with Gasteiger partial charge in [0.05, 0.1) is 5.02 Å². The van der Waals surface area contributed by atoms with E-state index in [2.05, 4.69) is 42.9 Å². The van der Waals surface area contributed by atoms with Crippen LogP contribution in [0.15, 0.2) is 12.3 Å². The average molecular weight is 298 g/mol. The molecular formula is C16H28ClN3. The molecule has 1 unspecified atom stereocenters. The predicted octanol–water partition coefficient (Wildman–Crippen LogP) is 4.11. The number of nitrogens with zero attached hydrogens (tertiary/aromatic N) is 2. The lowest BCUT2D eigenvalue weighted by atomic mass is 10.1.